The highest BCUT2D eigenvalue weighted by Gasteiger charge is 2.43. The van der Waals surface area contributed by atoms with Gasteiger partial charge in [0.1, 0.15) is 0 Å². The molecule has 2 atom stereocenters. The number of aryl methyl sites for hydroxylation is 1. The summed E-state index contributed by atoms with van der Waals surface area (Å²) in [6, 6.07) is 6.96. The first-order valence-corrected chi connectivity index (χ1v) is 9.91. The van der Waals surface area contributed by atoms with Gasteiger partial charge in [-0.2, -0.15) is 0 Å². The molecule has 5 nitrogen and oxygen atoms in total. The van der Waals surface area contributed by atoms with Crippen LogP contribution in [0.1, 0.15) is 56.3 Å². The summed E-state index contributed by atoms with van der Waals surface area (Å²) in [5, 5.41) is 3.15. The van der Waals surface area contributed by atoms with Gasteiger partial charge in [0.15, 0.2) is 0 Å². The van der Waals surface area contributed by atoms with Crippen LogP contribution in [0, 0.1) is 0 Å². The maximum absolute atomic E-state index is 11.7. The standard InChI is InChI=1S/C21H30N2O3/c1-15(24)22-18-13-20(26-21(14-18)7-10-25-11-8-21)17-5-6-19-16(12-17)4-3-9-23(19)2/h5-6,12,18,20H,3-4,7-11,13-14H2,1-2H3,(H,22,24)/t18-,20-/m1/s1. The van der Waals surface area contributed by atoms with Crippen LogP contribution in [0.3, 0.4) is 0 Å². The molecule has 1 spiro atoms. The summed E-state index contributed by atoms with van der Waals surface area (Å²) in [5.41, 5.74) is 3.85. The fraction of sp³-hybridized carbons (Fsp3) is 0.667. The monoisotopic (exact) mass is 358 g/mol. The van der Waals surface area contributed by atoms with Gasteiger partial charge < -0.3 is 19.7 Å². The van der Waals surface area contributed by atoms with Crippen LogP contribution in [-0.2, 0) is 20.7 Å². The molecule has 0 aromatic heterocycles. The summed E-state index contributed by atoms with van der Waals surface area (Å²) in [7, 11) is 2.17. The molecule has 26 heavy (non-hydrogen) atoms. The molecule has 0 unspecified atom stereocenters. The lowest BCUT2D eigenvalue weighted by atomic mass is 9.81. The number of hydrogen-bond acceptors (Lipinski definition) is 4. The zero-order chi connectivity index (χ0) is 18.1. The molecule has 142 valence electrons. The number of rotatable bonds is 2. The minimum Gasteiger partial charge on any atom is -0.381 e. The second kappa shape index (κ2) is 7.20. The number of hydrogen-bond donors (Lipinski definition) is 1. The average molecular weight is 358 g/mol. The summed E-state index contributed by atoms with van der Waals surface area (Å²) >= 11 is 0. The van der Waals surface area contributed by atoms with E-state index in [2.05, 4.69) is 35.5 Å². The minimum atomic E-state index is -0.166. The third kappa shape index (κ3) is 3.60. The summed E-state index contributed by atoms with van der Waals surface area (Å²) in [6.45, 7) is 4.22. The molecule has 1 amide bonds. The highest BCUT2D eigenvalue weighted by atomic mass is 16.5. The fourth-order valence-corrected chi connectivity index (χ4v) is 4.86. The van der Waals surface area contributed by atoms with E-state index in [0.29, 0.717) is 0 Å². The Morgan fingerprint density at radius 1 is 1.31 bits per heavy atom. The molecule has 1 aromatic carbocycles. The van der Waals surface area contributed by atoms with Crippen molar-refractivity contribution in [3.8, 4) is 0 Å². The molecule has 0 radical (unpaired) electrons. The summed E-state index contributed by atoms with van der Waals surface area (Å²) < 4.78 is 12.3. The predicted molar refractivity (Wildman–Crippen MR) is 101 cm³/mol. The Morgan fingerprint density at radius 2 is 2.12 bits per heavy atom. The van der Waals surface area contributed by atoms with Gasteiger partial charge in [-0.3, -0.25) is 4.79 Å². The molecule has 3 heterocycles. The quantitative estimate of drug-likeness (QED) is 0.883. The number of fused-ring (bicyclic) bond motifs is 1. The van der Waals surface area contributed by atoms with Gasteiger partial charge in [0.25, 0.3) is 0 Å². The molecular weight excluding hydrogens is 328 g/mol. The van der Waals surface area contributed by atoms with Crippen LogP contribution in [0.15, 0.2) is 18.2 Å². The van der Waals surface area contributed by atoms with Crippen molar-refractivity contribution >= 4 is 11.6 Å². The van der Waals surface area contributed by atoms with E-state index < -0.39 is 0 Å². The maximum Gasteiger partial charge on any atom is 0.217 e. The smallest absolute Gasteiger partial charge is 0.217 e. The van der Waals surface area contributed by atoms with Crippen molar-refractivity contribution in [2.75, 3.05) is 31.7 Å². The lowest BCUT2D eigenvalue weighted by Gasteiger charge is -2.47. The Balaban J connectivity index is 1.60. The molecule has 2 saturated heterocycles. The van der Waals surface area contributed by atoms with Crippen molar-refractivity contribution in [3.63, 3.8) is 0 Å². The zero-order valence-corrected chi connectivity index (χ0v) is 15.9. The predicted octanol–water partition coefficient (Wildman–Crippen LogP) is 2.97. The van der Waals surface area contributed by atoms with E-state index in [9.17, 15) is 4.79 Å². The van der Waals surface area contributed by atoms with Crippen molar-refractivity contribution in [2.45, 2.75) is 63.2 Å². The normalized spacial score (nSPS) is 27.8. The molecule has 0 saturated carbocycles. The van der Waals surface area contributed by atoms with Crippen LogP contribution in [0.5, 0.6) is 0 Å². The lowest BCUT2D eigenvalue weighted by Crippen LogP contribution is -2.51. The van der Waals surface area contributed by atoms with Crippen LogP contribution in [0.25, 0.3) is 0 Å². The Hall–Kier alpha value is -1.59. The molecular formula is C21H30N2O3. The van der Waals surface area contributed by atoms with E-state index in [1.165, 1.54) is 23.2 Å². The molecule has 5 heteroatoms. The van der Waals surface area contributed by atoms with Gasteiger partial charge in [-0.05, 0) is 55.7 Å². The first kappa shape index (κ1) is 17.8. The van der Waals surface area contributed by atoms with Crippen molar-refractivity contribution in [1.82, 2.24) is 5.32 Å². The number of carbonyl (C=O) groups excluding carboxylic acids is 1. The second-order valence-corrected chi connectivity index (χ2v) is 8.15. The van der Waals surface area contributed by atoms with E-state index in [-0.39, 0.29) is 23.7 Å². The van der Waals surface area contributed by atoms with Gasteiger partial charge in [-0.25, -0.2) is 0 Å². The summed E-state index contributed by atoms with van der Waals surface area (Å²) in [5.74, 6) is 0.0462. The van der Waals surface area contributed by atoms with Gasteiger partial charge in [-0.15, -0.1) is 0 Å². The molecule has 0 bridgehead atoms. The number of nitrogens with zero attached hydrogens (tertiary/aromatic N) is 1. The van der Waals surface area contributed by atoms with E-state index in [1.54, 1.807) is 6.92 Å². The number of nitrogens with one attached hydrogen (secondary N) is 1. The third-order valence-electron chi connectivity index (χ3n) is 6.15. The van der Waals surface area contributed by atoms with Crippen molar-refractivity contribution < 1.29 is 14.3 Å². The molecule has 2 fully saturated rings. The molecule has 4 rings (SSSR count). The lowest BCUT2D eigenvalue weighted by molar-refractivity contribution is -0.179. The van der Waals surface area contributed by atoms with Crippen LogP contribution >= 0.6 is 0 Å². The SMILES string of the molecule is CC(=O)N[C@@H]1C[C@H](c2ccc3c(c2)CCCN3C)OC2(CCOCC2)C1. The number of benzene rings is 1. The minimum absolute atomic E-state index is 0.0382. The van der Waals surface area contributed by atoms with Crippen LogP contribution < -0.4 is 10.2 Å². The second-order valence-electron chi connectivity index (χ2n) is 8.15. The van der Waals surface area contributed by atoms with Crippen molar-refractivity contribution in [2.24, 2.45) is 0 Å². The maximum atomic E-state index is 11.7. The largest absolute Gasteiger partial charge is 0.381 e. The number of amides is 1. The van der Waals surface area contributed by atoms with Gasteiger partial charge >= 0.3 is 0 Å². The van der Waals surface area contributed by atoms with Crippen LogP contribution in [-0.4, -0.2) is 44.4 Å². The van der Waals surface area contributed by atoms with E-state index in [4.69, 9.17) is 9.47 Å². The first-order chi connectivity index (χ1) is 12.5. The molecule has 1 N–H and O–H groups in total. The van der Waals surface area contributed by atoms with Crippen LogP contribution in [0.4, 0.5) is 5.69 Å². The summed E-state index contributed by atoms with van der Waals surface area (Å²) in [4.78, 5) is 14.0. The van der Waals surface area contributed by atoms with Crippen LogP contribution in [0.2, 0.25) is 0 Å². The molecule has 3 aliphatic rings. The Kier molecular flexibility index (Phi) is 4.93. The number of anilines is 1. The third-order valence-corrected chi connectivity index (χ3v) is 6.15. The van der Waals surface area contributed by atoms with Gasteiger partial charge in [0.05, 0.1) is 11.7 Å². The Morgan fingerprint density at radius 3 is 2.88 bits per heavy atom. The highest BCUT2D eigenvalue weighted by Crippen LogP contribution is 2.43. The first-order valence-electron chi connectivity index (χ1n) is 9.91. The van der Waals surface area contributed by atoms with Crippen molar-refractivity contribution in [3.05, 3.63) is 29.3 Å². The highest BCUT2D eigenvalue weighted by molar-refractivity contribution is 5.73. The molecule has 0 aliphatic carbocycles. The van der Waals surface area contributed by atoms with Crippen molar-refractivity contribution in [1.29, 1.82) is 0 Å². The Labute approximate surface area is 156 Å². The summed E-state index contributed by atoms with van der Waals surface area (Å²) in [6.07, 6.45) is 5.93. The Bertz CT molecular complexity index is 669. The van der Waals surface area contributed by atoms with Gasteiger partial charge in [0.2, 0.25) is 5.91 Å². The van der Waals surface area contributed by atoms with E-state index in [1.807, 2.05) is 0 Å². The number of ether oxygens (including phenoxy) is 2. The molecule has 3 aliphatic heterocycles. The van der Waals surface area contributed by atoms with E-state index in [0.717, 1.165) is 51.9 Å². The van der Waals surface area contributed by atoms with Gasteiger partial charge in [0, 0.05) is 45.5 Å². The number of carbonyl (C=O) groups is 1. The topological polar surface area (TPSA) is 50.8 Å². The van der Waals surface area contributed by atoms with E-state index >= 15 is 0 Å². The zero-order valence-electron chi connectivity index (χ0n) is 15.9. The molecule has 1 aromatic rings. The van der Waals surface area contributed by atoms with Gasteiger partial charge in [-0.1, -0.05) is 12.1 Å². The fourth-order valence-electron chi connectivity index (χ4n) is 4.86. The average Bonchev–Trinajstić information content (AvgIpc) is 2.61.